The molecule has 2 heteroatoms. The molecule has 0 radical (unpaired) electrons. The van der Waals surface area contributed by atoms with Gasteiger partial charge in [-0.15, -0.1) is 0 Å². The molecular formula is C14H23NO. The molecule has 0 aromatic heterocycles. The van der Waals surface area contributed by atoms with E-state index in [-0.39, 0.29) is 0 Å². The van der Waals surface area contributed by atoms with Crippen LogP contribution in [0.3, 0.4) is 0 Å². The van der Waals surface area contributed by atoms with Crippen molar-refractivity contribution in [2.75, 3.05) is 13.2 Å². The van der Waals surface area contributed by atoms with Gasteiger partial charge in [0.25, 0.3) is 0 Å². The topological polar surface area (TPSA) is 21.3 Å². The summed E-state index contributed by atoms with van der Waals surface area (Å²) in [5.74, 6) is 1.05. The van der Waals surface area contributed by atoms with Crippen LogP contribution in [0.4, 0.5) is 0 Å². The molecule has 0 aliphatic rings. The van der Waals surface area contributed by atoms with Crippen LogP contribution in [-0.2, 0) is 6.54 Å². The third kappa shape index (κ3) is 3.86. The van der Waals surface area contributed by atoms with E-state index in [1.165, 1.54) is 24.0 Å². The molecule has 1 aromatic rings. The second kappa shape index (κ2) is 7.29. The lowest BCUT2D eigenvalue weighted by atomic mass is 10.1. The lowest BCUT2D eigenvalue weighted by Gasteiger charge is -2.13. The molecule has 0 saturated carbocycles. The number of hydrogen-bond acceptors (Lipinski definition) is 2. The van der Waals surface area contributed by atoms with Crippen molar-refractivity contribution in [3.05, 3.63) is 29.3 Å². The molecule has 0 bridgehead atoms. The molecule has 1 rings (SSSR count). The van der Waals surface area contributed by atoms with Crippen LogP contribution in [0.1, 0.15) is 37.8 Å². The van der Waals surface area contributed by atoms with Gasteiger partial charge in [0, 0.05) is 12.1 Å². The van der Waals surface area contributed by atoms with Crippen LogP contribution in [-0.4, -0.2) is 13.2 Å². The summed E-state index contributed by atoms with van der Waals surface area (Å²) in [6.07, 6.45) is 2.47. The van der Waals surface area contributed by atoms with Crippen LogP contribution < -0.4 is 10.1 Å². The van der Waals surface area contributed by atoms with Gasteiger partial charge in [-0.05, 0) is 32.4 Å². The SMILES string of the molecule is CCCCNCc1cccc(C)c1OCC. The Morgan fingerprint density at radius 2 is 2.06 bits per heavy atom. The number of unbranched alkanes of at least 4 members (excludes halogenated alkanes) is 1. The average molecular weight is 221 g/mol. The van der Waals surface area contributed by atoms with Crippen molar-refractivity contribution in [2.24, 2.45) is 0 Å². The Hall–Kier alpha value is -1.02. The van der Waals surface area contributed by atoms with Crippen molar-refractivity contribution >= 4 is 0 Å². The first-order chi connectivity index (χ1) is 7.79. The van der Waals surface area contributed by atoms with Crippen LogP contribution >= 0.6 is 0 Å². The zero-order chi connectivity index (χ0) is 11.8. The summed E-state index contributed by atoms with van der Waals surface area (Å²) in [6, 6.07) is 6.33. The van der Waals surface area contributed by atoms with Gasteiger partial charge in [0.1, 0.15) is 5.75 Å². The molecule has 2 nitrogen and oxygen atoms in total. The molecule has 0 fully saturated rings. The number of benzene rings is 1. The molecule has 0 aliphatic heterocycles. The smallest absolute Gasteiger partial charge is 0.126 e. The van der Waals surface area contributed by atoms with E-state index in [1.54, 1.807) is 0 Å². The third-order valence-electron chi connectivity index (χ3n) is 2.60. The minimum atomic E-state index is 0.729. The van der Waals surface area contributed by atoms with Crippen LogP contribution in [0.25, 0.3) is 0 Å². The lowest BCUT2D eigenvalue weighted by molar-refractivity contribution is 0.333. The Bertz CT molecular complexity index is 310. The van der Waals surface area contributed by atoms with E-state index >= 15 is 0 Å². The highest BCUT2D eigenvalue weighted by molar-refractivity contribution is 5.40. The molecule has 0 saturated heterocycles. The maximum Gasteiger partial charge on any atom is 0.126 e. The first-order valence-electron chi connectivity index (χ1n) is 6.21. The van der Waals surface area contributed by atoms with Gasteiger partial charge in [0.2, 0.25) is 0 Å². The van der Waals surface area contributed by atoms with Crippen molar-refractivity contribution < 1.29 is 4.74 Å². The number of ether oxygens (including phenoxy) is 1. The highest BCUT2D eigenvalue weighted by Gasteiger charge is 2.05. The first kappa shape index (κ1) is 13.0. The highest BCUT2D eigenvalue weighted by Crippen LogP contribution is 2.23. The Morgan fingerprint density at radius 3 is 2.75 bits per heavy atom. The molecular weight excluding hydrogens is 198 g/mol. The van der Waals surface area contributed by atoms with Crippen molar-refractivity contribution in [2.45, 2.75) is 40.2 Å². The summed E-state index contributed by atoms with van der Waals surface area (Å²) in [5, 5.41) is 3.45. The zero-order valence-electron chi connectivity index (χ0n) is 10.7. The number of rotatable bonds is 7. The Kier molecular flexibility index (Phi) is 5.94. The fourth-order valence-corrected chi connectivity index (χ4v) is 1.73. The summed E-state index contributed by atoms with van der Waals surface area (Å²) < 4.78 is 5.68. The van der Waals surface area contributed by atoms with E-state index in [9.17, 15) is 0 Å². The molecule has 0 amide bonds. The summed E-state index contributed by atoms with van der Waals surface area (Å²) >= 11 is 0. The summed E-state index contributed by atoms with van der Waals surface area (Å²) in [5.41, 5.74) is 2.48. The van der Waals surface area contributed by atoms with E-state index in [2.05, 4.69) is 37.4 Å². The second-order valence-corrected chi connectivity index (χ2v) is 4.03. The molecule has 1 aromatic carbocycles. The van der Waals surface area contributed by atoms with Crippen molar-refractivity contribution in [1.82, 2.24) is 5.32 Å². The lowest BCUT2D eigenvalue weighted by Crippen LogP contribution is -2.15. The van der Waals surface area contributed by atoms with Crippen LogP contribution in [0.2, 0.25) is 0 Å². The maximum absolute atomic E-state index is 5.68. The Balaban J connectivity index is 2.59. The van der Waals surface area contributed by atoms with Crippen LogP contribution in [0, 0.1) is 6.92 Å². The summed E-state index contributed by atoms with van der Waals surface area (Å²) in [6.45, 7) is 9.04. The fourth-order valence-electron chi connectivity index (χ4n) is 1.73. The molecule has 0 spiro atoms. The van der Waals surface area contributed by atoms with Gasteiger partial charge in [-0.25, -0.2) is 0 Å². The molecule has 0 heterocycles. The number of nitrogens with one attached hydrogen (secondary N) is 1. The van der Waals surface area contributed by atoms with Gasteiger partial charge in [0.15, 0.2) is 0 Å². The van der Waals surface area contributed by atoms with Crippen LogP contribution in [0.15, 0.2) is 18.2 Å². The number of para-hydroxylation sites is 1. The predicted molar refractivity (Wildman–Crippen MR) is 69.0 cm³/mol. The van der Waals surface area contributed by atoms with Gasteiger partial charge >= 0.3 is 0 Å². The highest BCUT2D eigenvalue weighted by atomic mass is 16.5. The van der Waals surface area contributed by atoms with Gasteiger partial charge in [-0.2, -0.15) is 0 Å². The summed E-state index contributed by atoms with van der Waals surface area (Å²) in [7, 11) is 0. The third-order valence-corrected chi connectivity index (χ3v) is 2.60. The number of hydrogen-bond donors (Lipinski definition) is 1. The molecule has 1 N–H and O–H groups in total. The molecule has 90 valence electrons. The van der Waals surface area contributed by atoms with Gasteiger partial charge in [-0.1, -0.05) is 31.5 Å². The zero-order valence-corrected chi connectivity index (χ0v) is 10.7. The van der Waals surface area contributed by atoms with Crippen LogP contribution in [0.5, 0.6) is 5.75 Å². The van der Waals surface area contributed by atoms with E-state index in [1.807, 2.05) is 6.92 Å². The maximum atomic E-state index is 5.68. The van der Waals surface area contributed by atoms with Crippen molar-refractivity contribution in [3.8, 4) is 5.75 Å². The van der Waals surface area contributed by atoms with Crippen molar-refractivity contribution in [3.63, 3.8) is 0 Å². The normalized spacial score (nSPS) is 10.4. The van der Waals surface area contributed by atoms with Crippen molar-refractivity contribution in [1.29, 1.82) is 0 Å². The second-order valence-electron chi connectivity index (χ2n) is 4.03. The van der Waals surface area contributed by atoms with Gasteiger partial charge in [-0.3, -0.25) is 0 Å². The molecule has 0 unspecified atom stereocenters. The van der Waals surface area contributed by atoms with Gasteiger partial charge in [0.05, 0.1) is 6.61 Å². The Morgan fingerprint density at radius 1 is 1.25 bits per heavy atom. The largest absolute Gasteiger partial charge is 0.493 e. The van der Waals surface area contributed by atoms with E-state index in [0.717, 1.165) is 25.4 Å². The van der Waals surface area contributed by atoms with E-state index < -0.39 is 0 Å². The monoisotopic (exact) mass is 221 g/mol. The molecule has 0 aliphatic carbocycles. The van der Waals surface area contributed by atoms with E-state index in [4.69, 9.17) is 4.74 Å². The number of aryl methyl sites for hydroxylation is 1. The minimum Gasteiger partial charge on any atom is -0.493 e. The summed E-state index contributed by atoms with van der Waals surface area (Å²) in [4.78, 5) is 0. The standard InChI is InChI=1S/C14H23NO/c1-4-6-10-15-11-13-9-7-8-12(3)14(13)16-5-2/h7-9,15H,4-6,10-11H2,1-3H3. The quantitative estimate of drug-likeness (QED) is 0.713. The fraction of sp³-hybridized carbons (Fsp3) is 0.571. The minimum absolute atomic E-state index is 0.729. The Labute approximate surface area is 99.0 Å². The van der Waals surface area contributed by atoms with Gasteiger partial charge < -0.3 is 10.1 Å². The average Bonchev–Trinajstić information content (AvgIpc) is 2.29. The first-order valence-corrected chi connectivity index (χ1v) is 6.21. The predicted octanol–water partition coefficient (Wildman–Crippen LogP) is 3.28. The molecule has 0 atom stereocenters. The molecule has 16 heavy (non-hydrogen) atoms. The van der Waals surface area contributed by atoms with E-state index in [0.29, 0.717) is 0 Å².